The molecule has 0 atom stereocenters. The summed E-state index contributed by atoms with van der Waals surface area (Å²) in [5, 5.41) is 0. The van der Waals surface area contributed by atoms with E-state index >= 15 is 0 Å². The number of aryl methyl sites for hydroxylation is 2. The first-order valence-electron chi connectivity index (χ1n) is 27.6. The fraction of sp³-hybridized carbons (Fsp3) is 0.261. The minimum atomic E-state index is -2.47. The number of hydrogen-bond acceptors (Lipinski definition) is 3. The van der Waals surface area contributed by atoms with E-state index in [-0.39, 0.29) is 47.5 Å². The van der Waals surface area contributed by atoms with Gasteiger partial charge in [-0.15, -0.1) is 106 Å². The van der Waals surface area contributed by atoms with Gasteiger partial charge in [0.15, 0.2) is 0 Å². The SMILES string of the molecule is [2H]C(C)(C)c1cnc(-c2[c-]cc(C([2H])([2H])C([2H])([2H])c3cc(CC(C)(C)c4c[c-]c(-c5ccccn5)cc4)cc(CC(C)(C)c4c[c-]c(-c5ccccn5)cc4)c3)cc2)cc1-c1cccc(-c2cccc(CC(C)(C)C)c2)c1.[Ir+3]. The van der Waals surface area contributed by atoms with Gasteiger partial charge < -0.3 is 15.0 Å². The van der Waals surface area contributed by atoms with E-state index in [1.165, 1.54) is 5.56 Å². The van der Waals surface area contributed by atoms with Crippen molar-refractivity contribution in [3.8, 4) is 56.0 Å². The summed E-state index contributed by atoms with van der Waals surface area (Å²) in [6.45, 7) is 19.2. The predicted octanol–water partition coefficient (Wildman–Crippen LogP) is 17.1. The van der Waals surface area contributed by atoms with Crippen LogP contribution in [0.25, 0.3) is 56.0 Å². The summed E-state index contributed by atoms with van der Waals surface area (Å²) in [6.07, 6.45) is 2.48. The van der Waals surface area contributed by atoms with E-state index in [0.29, 0.717) is 24.1 Å². The zero-order chi connectivity index (χ0) is 55.0. The van der Waals surface area contributed by atoms with Crippen LogP contribution in [0.3, 0.4) is 0 Å². The smallest absolute Gasteiger partial charge is 0.305 e. The Hall–Kier alpha value is -6.58. The summed E-state index contributed by atoms with van der Waals surface area (Å²) >= 11 is 0. The summed E-state index contributed by atoms with van der Waals surface area (Å²) in [7, 11) is 0. The van der Waals surface area contributed by atoms with Gasteiger partial charge in [0.25, 0.3) is 0 Å². The Morgan fingerprint density at radius 2 is 0.986 bits per heavy atom. The molecule has 368 valence electrons. The molecule has 9 rings (SSSR count). The Kier molecular flexibility index (Phi) is 14.4. The molecule has 0 aliphatic heterocycles. The van der Waals surface area contributed by atoms with Gasteiger partial charge in [0.1, 0.15) is 0 Å². The fourth-order valence-corrected chi connectivity index (χ4v) is 9.70. The summed E-state index contributed by atoms with van der Waals surface area (Å²) in [5.74, 6) is -0.948. The van der Waals surface area contributed by atoms with Crippen molar-refractivity contribution in [2.24, 2.45) is 5.41 Å². The molecule has 6 aromatic carbocycles. The first-order chi connectivity index (χ1) is 36.4. The van der Waals surface area contributed by atoms with Crippen LogP contribution in [-0.2, 0) is 62.9 Å². The molecule has 3 nitrogen and oxygen atoms in total. The van der Waals surface area contributed by atoms with E-state index in [1.807, 2.05) is 92.7 Å². The average molecular weight is 1140 g/mol. The van der Waals surface area contributed by atoms with Crippen molar-refractivity contribution in [3.63, 3.8) is 0 Å². The molecule has 0 saturated carbocycles. The van der Waals surface area contributed by atoms with Gasteiger partial charge in [-0.3, -0.25) is 0 Å². The van der Waals surface area contributed by atoms with Crippen molar-refractivity contribution < 1.29 is 27.0 Å². The Balaban J connectivity index is 0.00000803. The topological polar surface area (TPSA) is 38.7 Å². The van der Waals surface area contributed by atoms with Crippen LogP contribution < -0.4 is 0 Å². The molecule has 0 amide bonds. The summed E-state index contributed by atoms with van der Waals surface area (Å²) in [6, 6.07) is 64.2. The third-order valence-corrected chi connectivity index (χ3v) is 13.5. The molecule has 0 fully saturated rings. The molecule has 73 heavy (non-hydrogen) atoms. The summed E-state index contributed by atoms with van der Waals surface area (Å²) in [5.41, 5.74) is 14.7. The molecule has 3 heterocycles. The van der Waals surface area contributed by atoms with Gasteiger partial charge in [-0.25, -0.2) is 0 Å². The molecule has 0 unspecified atom stereocenters. The normalized spacial score (nSPS) is 13.5. The van der Waals surface area contributed by atoms with Crippen LogP contribution in [0.1, 0.15) is 120 Å². The number of benzene rings is 6. The van der Waals surface area contributed by atoms with E-state index in [2.05, 4.69) is 143 Å². The quantitative estimate of drug-likeness (QED) is 0.0905. The third kappa shape index (κ3) is 13.3. The van der Waals surface area contributed by atoms with E-state index in [4.69, 9.17) is 6.35 Å². The van der Waals surface area contributed by atoms with Gasteiger partial charge in [-0.2, -0.15) is 0 Å². The largest absolute Gasteiger partial charge is 3.00 e. The summed E-state index contributed by atoms with van der Waals surface area (Å²) in [4.78, 5) is 13.9. The number of pyridine rings is 3. The van der Waals surface area contributed by atoms with Crippen LogP contribution in [0, 0.1) is 23.6 Å². The fourth-order valence-electron chi connectivity index (χ4n) is 9.70. The molecular formula is C69H68IrN3. The van der Waals surface area contributed by atoms with Crippen LogP contribution in [0.15, 0.2) is 182 Å². The zero-order valence-corrected chi connectivity index (χ0v) is 46.0. The standard InChI is InChI=1S/C69H68N3.Ir/c1-48(2)63-47-72-66(43-62(63)59-19-15-18-58(42-59)57-17-14-16-51(41-57)44-67(3,4)5)56-26-24-49(25-27-56)22-23-50-38-52(45-68(6,7)60-32-28-54(29-33-60)64-20-10-12-36-70-64)40-53(39-50)46-69(8,9)61-34-30-55(31-35-61)65-21-11-13-37-71-65;/h10-21,24-26,28,30,32-43,47-48H,22-23,44-46H2,1-9H3;/q-3;+3/i22D2,23D2,48D;. The Bertz CT molecular complexity index is 3370. The minimum Gasteiger partial charge on any atom is -0.305 e. The maximum Gasteiger partial charge on any atom is 3.00 e. The van der Waals surface area contributed by atoms with Crippen LogP contribution >= 0.6 is 0 Å². The second-order valence-electron chi connectivity index (χ2n) is 21.9. The second-order valence-corrected chi connectivity index (χ2v) is 21.9. The predicted molar refractivity (Wildman–Crippen MR) is 301 cm³/mol. The first kappa shape index (κ1) is 46.2. The molecule has 0 aliphatic carbocycles. The Morgan fingerprint density at radius 1 is 0.466 bits per heavy atom. The van der Waals surface area contributed by atoms with Crippen LogP contribution in [0.4, 0.5) is 0 Å². The van der Waals surface area contributed by atoms with Crippen LogP contribution in [0.2, 0.25) is 0 Å². The molecule has 0 bridgehead atoms. The van der Waals surface area contributed by atoms with Gasteiger partial charge in [0.2, 0.25) is 0 Å². The molecular weight excluding hydrogens is 1060 g/mol. The van der Waals surface area contributed by atoms with Crippen molar-refractivity contribution in [2.45, 2.75) is 111 Å². The molecule has 0 N–H and O–H groups in total. The molecule has 0 radical (unpaired) electrons. The van der Waals surface area contributed by atoms with Crippen molar-refractivity contribution >= 4 is 0 Å². The molecule has 0 saturated heterocycles. The molecule has 0 aliphatic rings. The van der Waals surface area contributed by atoms with E-state index in [1.54, 1.807) is 36.8 Å². The van der Waals surface area contributed by atoms with Gasteiger partial charge in [0.05, 0.1) is 0 Å². The van der Waals surface area contributed by atoms with Crippen molar-refractivity contribution in [1.82, 2.24) is 15.0 Å². The van der Waals surface area contributed by atoms with Gasteiger partial charge in [-0.05, 0) is 133 Å². The Morgan fingerprint density at radius 3 is 1.51 bits per heavy atom. The number of nitrogens with zero attached hydrogens (tertiary/aromatic N) is 3. The number of hydrogen-bond donors (Lipinski definition) is 0. The van der Waals surface area contributed by atoms with E-state index in [0.717, 1.165) is 79.0 Å². The van der Waals surface area contributed by atoms with Crippen molar-refractivity contribution in [3.05, 3.63) is 245 Å². The van der Waals surface area contributed by atoms with Gasteiger partial charge in [-0.1, -0.05) is 160 Å². The van der Waals surface area contributed by atoms with Crippen LogP contribution in [-0.4, -0.2) is 15.0 Å². The average Bonchev–Trinajstić information content (AvgIpc) is 3.47. The minimum absolute atomic E-state index is 0. The number of aromatic nitrogens is 3. The molecule has 0 spiro atoms. The first-order valence-corrected chi connectivity index (χ1v) is 25.1. The maximum atomic E-state index is 9.78. The number of rotatable bonds is 16. The zero-order valence-electron chi connectivity index (χ0n) is 48.6. The molecule has 3 aromatic heterocycles. The molecule has 4 heteroatoms. The monoisotopic (exact) mass is 1140 g/mol. The maximum absolute atomic E-state index is 9.78. The van der Waals surface area contributed by atoms with Crippen molar-refractivity contribution in [1.29, 1.82) is 0 Å². The van der Waals surface area contributed by atoms with Crippen LogP contribution in [0.5, 0.6) is 0 Å². The van der Waals surface area contributed by atoms with E-state index < -0.39 is 18.6 Å². The third-order valence-electron chi connectivity index (χ3n) is 13.5. The van der Waals surface area contributed by atoms with Gasteiger partial charge >= 0.3 is 20.1 Å². The van der Waals surface area contributed by atoms with E-state index in [9.17, 15) is 5.48 Å². The van der Waals surface area contributed by atoms with Crippen molar-refractivity contribution in [2.75, 3.05) is 0 Å². The molecule has 9 aromatic rings. The summed E-state index contributed by atoms with van der Waals surface area (Å²) < 4.78 is 48.0. The second kappa shape index (κ2) is 22.7. The van der Waals surface area contributed by atoms with Gasteiger partial charge in [0, 0.05) is 25.4 Å². The Labute approximate surface area is 457 Å².